The third kappa shape index (κ3) is 5.00. The van der Waals surface area contributed by atoms with Crippen LogP contribution in [0.15, 0.2) is 28.6 Å². The monoisotopic (exact) mass is 359 g/mol. The van der Waals surface area contributed by atoms with E-state index in [0.717, 1.165) is 15.7 Å². The Morgan fingerprint density at radius 1 is 1.43 bits per heavy atom. The molecule has 21 heavy (non-hydrogen) atoms. The normalized spacial score (nSPS) is 11.0. The van der Waals surface area contributed by atoms with E-state index < -0.39 is 0 Å². The van der Waals surface area contributed by atoms with Crippen molar-refractivity contribution in [2.24, 2.45) is 0 Å². The number of carbonyl (C=O) groups is 1. The first-order valence-electron chi connectivity index (χ1n) is 5.99. The summed E-state index contributed by atoms with van der Waals surface area (Å²) in [5, 5.41) is 12.0. The highest BCUT2D eigenvalue weighted by Gasteiger charge is 2.06. The van der Waals surface area contributed by atoms with E-state index in [2.05, 4.69) is 15.5 Å². The van der Waals surface area contributed by atoms with Crippen molar-refractivity contribution in [2.45, 2.75) is 11.3 Å². The molecular weight excluding hydrogens is 349 g/mol. The minimum Gasteiger partial charge on any atom is -0.297 e. The molecule has 1 aromatic carbocycles. The lowest BCUT2D eigenvalue weighted by atomic mass is 10.2. The first-order chi connectivity index (χ1) is 10.1. The molecule has 0 saturated heterocycles. The number of amides is 1. The molecule has 0 aliphatic heterocycles. The number of hydrogen-bond donors (Lipinski definition) is 1. The van der Waals surface area contributed by atoms with E-state index in [1.165, 1.54) is 17.4 Å². The van der Waals surface area contributed by atoms with Gasteiger partial charge in [-0.2, -0.15) is 0 Å². The minimum atomic E-state index is -0.287. The number of anilines is 1. The second-order valence-electron chi connectivity index (χ2n) is 3.79. The maximum absolute atomic E-state index is 11.8. The summed E-state index contributed by atoms with van der Waals surface area (Å²) in [4.78, 5) is 11.8. The van der Waals surface area contributed by atoms with Crippen molar-refractivity contribution < 1.29 is 4.79 Å². The molecule has 2 rings (SSSR count). The van der Waals surface area contributed by atoms with Gasteiger partial charge in [-0.05, 0) is 29.5 Å². The van der Waals surface area contributed by atoms with Gasteiger partial charge in [0.2, 0.25) is 11.0 Å². The maximum atomic E-state index is 11.8. The van der Waals surface area contributed by atoms with Crippen LogP contribution in [-0.4, -0.2) is 21.9 Å². The molecule has 4 nitrogen and oxygen atoms in total. The number of halogens is 2. The van der Waals surface area contributed by atoms with Crippen LogP contribution < -0.4 is 5.32 Å². The number of nitrogens with zero attached hydrogens (tertiary/aromatic N) is 2. The van der Waals surface area contributed by atoms with Crippen LogP contribution in [0.1, 0.15) is 12.5 Å². The second-order valence-corrected chi connectivity index (χ2v) is 7.13. The van der Waals surface area contributed by atoms with Gasteiger partial charge in [0, 0.05) is 16.1 Å². The van der Waals surface area contributed by atoms with Gasteiger partial charge in [-0.3, -0.25) is 10.1 Å². The molecule has 110 valence electrons. The van der Waals surface area contributed by atoms with Crippen molar-refractivity contribution >= 4 is 63.4 Å². The van der Waals surface area contributed by atoms with Gasteiger partial charge >= 0.3 is 0 Å². The molecule has 1 N–H and O–H groups in total. The molecular formula is C13H11Cl2N3OS2. The number of thioether (sulfide) groups is 1. The van der Waals surface area contributed by atoms with E-state index in [1.807, 2.05) is 6.92 Å². The first kappa shape index (κ1) is 16.3. The summed E-state index contributed by atoms with van der Waals surface area (Å²) < 4.78 is 0.831. The van der Waals surface area contributed by atoms with Gasteiger partial charge < -0.3 is 0 Å². The number of benzene rings is 1. The van der Waals surface area contributed by atoms with Crippen LogP contribution in [0.4, 0.5) is 5.13 Å². The van der Waals surface area contributed by atoms with Crippen LogP contribution in [0.3, 0.4) is 0 Å². The third-order valence-corrected chi connectivity index (χ3v) is 4.70. The molecule has 1 heterocycles. The quantitative estimate of drug-likeness (QED) is 0.481. The smallest absolute Gasteiger partial charge is 0.250 e. The van der Waals surface area contributed by atoms with Crippen molar-refractivity contribution in [1.82, 2.24) is 10.2 Å². The van der Waals surface area contributed by atoms with E-state index in [-0.39, 0.29) is 5.91 Å². The number of carbonyl (C=O) groups excluding carboxylic acids is 1. The van der Waals surface area contributed by atoms with E-state index in [9.17, 15) is 4.79 Å². The Morgan fingerprint density at radius 3 is 2.95 bits per heavy atom. The van der Waals surface area contributed by atoms with Crippen LogP contribution in [0.25, 0.3) is 6.08 Å². The zero-order valence-corrected chi connectivity index (χ0v) is 14.1. The summed E-state index contributed by atoms with van der Waals surface area (Å²) in [7, 11) is 0. The Kier molecular flexibility index (Phi) is 6.05. The highest BCUT2D eigenvalue weighted by atomic mass is 35.5. The van der Waals surface area contributed by atoms with Gasteiger partial charge in [0.1, 0.15) is 0 Å². The topological polar surface area (TPSA) is 54.9 Å². The lowest BCUT2D eigenvalue weighted by molar-refractivity contribution is -0.111. The summed E-state index contributed by atoms with van der Waals surface area (Å²) in [5.41, 5.74) is 0.718. The zero-order chi connectivity index (χ0) is 15.2. The van der Waals surface area contributed by atoms with E-state index in [0.29, 0.717) is 15.2 Å². The average Bonchev–Trinajstić information content (AvgIpc) is 2.85. The SMILES string of the molecule is CCSc1nnc(NC(=O)C=Cc2ccc(Cl)cc2Cl)s1. The van der Waals surface area contributed by atoms with Crippen molar-refractivity contribution in [3.63, 3.8) is 0 Å². The van der Waals surface area contributed by atoms with Crippen molar-refractivity contribution in [2.75, 3.05) is 11.1 Å². The molecule has 0 aliphatic rings. The Bertz CT molecular complexity index is 673. The fourth-order valence-electron chi connectivity index (χ4n) is 1.39. The van der Waals surface area contributed by atoms with Crippen LogP contribution in [0.5, 0.6) is 0 Å². The Morgan fingerprint density at radius 2 is 2.24 bits per heavy atom. The molecule has 0 saturated carbocycles. The maximum Gasteiger partial charge on any atom is 0.250 e. The summed E-state index contributed by atoms with van der Waals surface area (Å²) in [6, 6.07) is 5.08. The number of aromatic nitrogens is 2. The second kappa shape index (κ2) is 7.79. The van der Waals surface area contributed by atoms with Gasteiger partial charge in [0.25, 0.3) is 0 Å². The van der Waals surface area contributed by atoms with Gasteiger partial charge in [-0.25, -0.2) is 0 Å². The molecule has 0 radical (unpaired) electrons. The predicted octanol–water partition coefficient (Wildman–Crippen LogP) is 4.61. The molecule has 0 fully saturated rings. The molecule has 0 spiro atoms. The van der Waals surface area contributed by atoms with Crippen LogP contribution in [0, 0.1) is 0 Å². The highest BCUT2D eigenvalue weighted by molar-refractivity contribution is 8.01. The minimum absolute atomic E-state index is 0.287. The molecule has 8 heteroatoms. The molecule has 2 aromatic rings. The molecule has 0 bridgehead atoms. The van der Waals surface area contributed by atoms with E-state index in [1.54, 1.807) is 36.0 Å². The Labute approximate surface area is 140 Å². The van der Waals surface area contributed by atoms with Crippen LogP contribution in [0.2, 0.25) is 10.0 Å². The van der Waals surface area contributed by atoms with Crippen LogP contribution in [-0.2, 0) is 4.79 Å². The molecule has 0 aliphatic carbocycles. The number of rotatable bonds is 5. The largest absolute Gasteiger partial charge is 0.297 e. The third-order valence-electron chi connectivity index (χ3n) is 2.28. The predicted molar refractivity (Wildman–Crippen MR) is 90.4 cm³/mol. The van der Waals surface area contributed by atoms with E-state index in [4.69, 9.17) is 23.2 Å². The van der Waals surface area contributed by atoms with Crippen molar-refractivity contribution in [3.8, 4) is 0 Å². The summed E-state index contributed by atoms with van der Waals surface area (Å²) >= 11 is 14.8. The first-order valence-corrected chi connectivity index (χ1v) is 8.54. The van der Waals surface area contributed by atoms with Gasteiger partial charge in [0.05, 0.1) is 0 Å². The van der Waals surface area contributed by atoms with Crippen molar-refractivity contribution in [3.05, 3.63) is 39.9 Å². The lowest BCUT2D eigenvalue weighted by Gasteiger charge is -1.99. The molecule has 1 amide bonds. The van der Waals surface area contributed by atoms with Crippen LogP contribution >= 0.6 is 46.3 Å². The highest BCUT2D eigenvalue weighted by Crippen LogP contribution is 2.25. The van der Waals surface area contributed by atoms with Gasteiger partial charge in [-0.15, -0.1) is 10.2 Å². The standard InChI is InChI=1S/C13H11Cl2N3OS2/c1-2-20-13-18-17-12(21-13)16-11(19)6-4-8-3-5-9(14)7-10(8)15/h3-7H,2H2,1H3,(H,16,17,19). The molecule has 1 aromatic heterocycles. The van der Waals surface area contributed by atoms with Gasteiger partial charge in [-0.1, -0.05) is 59.3 Å². The summed E-state index contributed by atoms with van der Waals surface area (Å²) in [6.45, 7) is 2.03. The fourth-order valence-corrected chi connectivity index (χ4v) is 3.51. The molecule has 0 unspecified atom stereocenters. The van der Waals surface area contributed by atoms with Crippen molar-refractivity contribution in [1.29, 1.82) is 0 Å². The van der Waals surface area contributed by atoms with E-state index >= 15 is 0 Å². The lowest BCUT2D eigenvalue weighted by Crippen LogP contribution is -2.07. The average molecular weight is 360 g/mol. The summed E-state index contributed by atoms with van der Waals surface area (Å²) in [6.07, 6.45) is 3.01. The Hall–Kier alpha value is -1.08. The zero-order valence-electron chi connectivity index (χ0n) is 11.0. The molecule has 0 atom stereocenters. The summed E-state index contributed by atoms with van der Waals surface area (Å²) in [5.74, 6) is 0.627. The fraction of sp³-hybridized carbons (Fsp3) is 0.154. The number of hydrogen-bond acceptors (Lipinski definition) is 5. The van der Waals surface area contributed by atoms with Gasteiger partial charge in [0.15, 0.2) is 4.34 Å². The Balaban J connectivity index is 1.98. The number of nitrogens with one attached hydrogen (secondary N) is 1.